The molecule has 0 spiro atoms. The molecule has 0 atom stereocenters. The SMILES string of the molecule is CN(Cc1nc(C(F)(F)F)cs1)C(=O)C1(N)CCCCC1. The molecule has 0 aliphatic heterocycles. The summed E-state index contributed by atoms with van der Waals surface area (Å²) in [4.78, 5) is 17.3. The number of rotatable bonds is 3. The van der Waals surface area contributed by atoms with Crippen molar-refractivity contribution < 1.29 is 18.0 Å². The molecule has 2 rings (SSSR count). The van der Waals surface area contributed by atoms with Crippen LogP contribution in [0.25, 0.3) is 0 Å². The van der Waals surface area contributed by atoms with Gasteiger partial charge in [-0.2, -0.15) is 13.2 Å². The van der Waals surface area contributed by atoms with Crippen molar-refractivity contribution in [3.05, 3.63) is 16.1 Å². The molecule has 118 valence electrons. The van der Waals surface area contributed by atoms with Gasteiger partial charge in [-0.1, -0.05) is 19.3 Å². The first-order valence-corrected chi connectivity index (χ1v) is 7.66. The fourth-order valence-corrected chi connectivity index (χ4v) is 3.42. The molecular weight excluding hydrogens is 303 g/mol. The monoisotopic (exact) mass is 321 g/mol. The van der Waals surface area contributed by atoms with Crippen LogP contribution >= 0.6 is 11.3 Å². The highest BCUT2D eigenvalue weighted by molar-refractivity contribution is 7.09. The molecule has 21 heavy (non-hydrogen) atoms. The van der Waals surface area contributed by atoms with Crippen molar-refractivity contribution in [1.82, 2.24) is 9.88 Å². The number of aromatic nitrogens is 1. The number of hydrogen-bond acceptors (Lipinski definition) is 4. The summed E-state index contributed by atoms with van der Waals surface area (Å²) in [5.41, 5.74) is 4.35. The Balaban J connectivity index is 2.02. The minimum absolute atomic E-state index is 0.0541. The van der Waals surface area contributed by atoms with Crippen molar-refractivity contribution in [3.63, 3.8) is 0 Å². The van der Waals surface area contributed by atoms with Gasteiger partial charge in [0.1, 0.15) is 5.01 Å². The van der Waals surface area contributed by atoms with E-state index in [-0.39, 0.29) is 17.5 Å². The molecule has 8 heteroatoms. The quantitative estimate of drug-likeness (QED) is 0.931. The highest BCUT2D eigenvalue weighted by Crippen LogP contribution is 2.31. The van der Waals surface area contributed by atoms with Crippen molar-refractivity contribution in [2.45, 2.75) is 50.4 Å². The van der Waals surface area contributed by atoms with Gasteiger partial charge in [0.2, 0.25) is 5.91 Å². The van der Waals surface area contributed by atoms with E-state index in [4.69, 9.17) is 5.73 Å². The Morgan fingerprint density at radius 1 is 1.43 bits per heavy atom. The number of carbonyl (C=O) groups is 1. The summed E-state index contributed by atoms with van der Waals surface area (Å²) in [7, 11) is 1.56. The first kappa shape index (κ1) is 16.2. The minimum Gasteiger partial charge on any atom is -0.337 e. The molecule has 4 nitrogen and oxygen atoms in total. The van der Waals surface area contributed by atoms with Gasteiger partial charge in [-0.3, -0.25) is 4.79 Å². The molecule has 1 fully saturated rings. The van der Waals surface area contributed by atoms with Gasteiger partial charge in [0.15, 0.2) is 5.69 Å². The highest BCUT2D eigenvalue weighted by Gasteiger charge is 2.38. The second kappa shape index (κ2) is 5.92. The van der Waals surface area contributed by atoms with E-state index >= 15 is 0 Å². The van der Waals surface area contributed by atoms with Crippen LogP contribution in [0.4, 0.5) is 13.2 Å². The van der Waals surface area contributed by atoms with Gasteiger partial charge < -0.3 is 10.6 Å². The zero-order valence-corrected chi connectivity index (χ0v) is 12.6. The van der Waals surface area contributed by atoms with Crippen molar-refractivity contribution in [2.24, 2.45) is 5.73 Å². The Kier molecular flexibility index (Phi) is 4.57. The number of alkyl halides is 3. The van der Waals surface area contributed by atoms with Gasteiger partial charge in [-0.15, -0.1) is 11.3 Å². The number of likely N-dealkylation sites (N-methyl/N-ethyl adjacent to an activating group) is 1. The van der Waals surface area contributed by atoms with Crippen molar-refractivity contribution in [3.8, 4) is 0 Å². The van der Waals surface area contributed by atoms with E-state index in [1.54, 1.807) is 7.05 Å². The largest absolute Gasteiger partial charge is 0.434 e. The Morgan fingerprint density at radius 2 is 2.05 bits per heavy atom. The summed E-state index contributed by atoms with van der Waals surface area (Å²) in [5, 5.41) is 1.23. The van der Waals surface area contributed by atoms with Crippen LogP contribution < -0.4 is 5.73 Å². The molecule has 0 radical (unpaired) electrons. The first-order chi connectivity index (χ1) is 9.72. The van der Waals surface area contributed by atoms with Crippen LogP contribution in [0.15, 0.2) is 5.38 Å². The maximum atomic E-state index is 12.5. The van der Waals surface area contributed by atoms with Crippen LogP contribution in [-0.4, -0.2) is 28.4 Å². The van der Waals surface area contributed by atoms with Gasteiger partial charge >= 0.3 is 6.18 Å². The van der Waals surface area contributed by atoms with Gasteiger partial charge in [0, 0.05) is 12.4 Å². The lowest BCUT2D eigenvalue weighted by Crippen LogP contribution is -2.55. The lowest BCUT2D eigenvalue weighted by molar-refractivity contribution is -0.140. The van der Waals surface area contributed by atoms with Crippen LogP contribution in [0.3, 0.4) is 0 Å². The molecule has 1 amide bonds. The summed E-state index contributed by atoms with van der Waals surface area (Å²) < 4.78 is 37.5. The Labute approximate surface area is 125 Å². The lowest BCUT2D eigenvalue weighted by Gasteiger charge is -2.35. The molecular formula is C13H18F3N3OS. The fourth-order valence-electron chi connectivity index (χ4n) is 2.57. The number of nitrogens with zero attached hydrogens (tertiary/aromatic N) is 2. The van der Waals surface area contributed by atoms with Crippen molar-refractivity contribution in [2.75, 3.05) is 7.05 Å². The molecule has 0 aromatic carbocycles. The number of thiazole rings is 1. The Hall–Kier alpha value is -1.15. The van der Waals surface area contributed by atoms with Gasteiger partial charge in [-0.25, -0.2) is 4.98 Å². The molecule has 0 bridgehead atoms. The minimum atomic E-state index is -4.45. The zero-order valence-electron chi connectivity index (χ0n) is 11.7. The van der Waals surface area contributed by atoms with Crippen LogP contribution in [0.2, 0.25) is 0 Å². The van der Waals surface area contributed by atoms with E-state index in [1.165, 1.54) is 4.90 Å². The zero-order chi connectivity index (χ0) is 15.7. The summed E-state index contributed by atoms with van der Waals surface area (Å²) >= 11 is 0.902. The normalized spacial score (nSPS) is 18.5. The number of hydrogen-bond donors (Lipinski definition) is 1. The highest BCUT2D eigenvalue weighted by atomic mass is 32.1. The number of carbonyl (C=O) groups excluding carboxylic acids is 1. The second-order valence-corrected chi connectivity index (χ2v) is 6.44. The van der Waals surface area contributed by atoms with E-state index in [1.807, 2.05) is 0 Å². The molecule has 1 aliphatic carbocycles. The lowest BCUT2D eigenvalue weighted by atomic mass is 9.81. The molecule has 0 saturated heterocycles. The molecule has 1 aromatic heterocycles. The topological polar surface area (TPSA) is 59.2 Å². The predicted molar refractivity (Wildman–Crippen MR) is 73.6 cm³/mol. The van der Waals surface area contributed by atoms with Gasteiger partial charge in [0.05, 0.1) is 12.1 Å². The molecule has 1 aliphatic rings. The second-order valence-electron chi connectivity index (χ2n) is 5.50. The maximum absolute atomic E-state index is 12.5. The molecule has 1 saturated carbocycles. The van der Waals surface area contributed by atoms with Gasteiger partial charge in [-0.05, 0) is 12.8 Å². The van der Waals surface area contributed by atoms with E-state index in [0.717, 1.165) is 36.0 Å². The van der Waals surface area contributed by atoms with Crippen LogP contribution in [-0.2, 0) is 17.5 Å². The predicted octanol–water partition coefficient (Wildman–Crippen LogP) is 2.78. The average molecular weight is 321 g/mol. The number of amides is 1. The van der Waals surface area contributed by atoms with E-state index in [9.17, 15) is 18.0 Å². The number of nitrogens with two attached hydrogens (primary N) is 1. The Morgan fingerprint density at radius 3 is 2.57 bits per heavy atom. The van der Waals surface area contributed by atoms with Crippen LogP contribution in [0.5, 0.6) is 0 Å². The third-order valence-corrected chi connectivity index (χ3v) is 4.57. The van der Waals surface area contributed by atoms with Crippen LogP contribution in [0, 0.1) is 0 Å². The fraction of sp³-hybridized carbons (Fsp3) is 0.692. The first-order valence-electron chi connectivity index (χ1n) is 6.78. The summed E-state index contributed by atoms with van der Waals surface area (Å²) in [5.74, 6) is -0.217. The maximum Gasteiger partial charge on any atom is 0.434 e. The molecule has 1 aromatic rings. The number of halogens is 3. The molecule has 1 heterocycles. The third-order valence-electron chi connectivity index (χ3n) is 3.73. The Bertz CT molecular complexity index is 509. The van der Waals surface area contributed by atoms with Gasteiger partial charge in [0.25, 0.3) is 0 Å². The van der Waals surface area contributed by atoms with E-state index in [0.29, 0.717) is 12.8 Å². The summed E-state index contributed by atoms with van der Waals surface area (Å²) in [6.45, 7) is 0.0541. The van der Waals surface area contributed by atoms with E-state index < -0.39 is 17.4 Å². The molecule has 2 N–H and O–H groups in total. The van der Waals surface area contributed by atoms with Crippen molar-refractivity contribution >= 4 is 17.2 Å². The molecule has 0 unspecified atom stereocenters. The van der Waals surface area contributed by atoms with E-state index in [2.05, 4.69) is 4.98 Å². The standard InChI is InChI=1S/C13H18F3N3OS/c1-19(11(20)12(17)5-3-2-4-6-12)7-10-18-9(8-21-10)13(14,15)16/h8H,2-7,17H2,1H3. The summed E-state index contributed by atoms with van der Waals surface area (Å²) in [6, 6.07) is 0. The third kappa shape index (κ3) is 3.74. The van der Waals surface area contributed by atoms with Crippen molar-refractivity contribution in [1.29, 1.82) is 0 Å². The average Bonchev–Trinajstić information content (AvgIpc) is 2.87. The summed E-state index contributed by atoms with van der Waals surface area (Å²) in [6.07, 6.45) is -0.312. The smallest absolute Gasteiger partial charge is 0.337 e. The van der Waals surface area contributed by atoms with Crippen LogP contribution in [0.1, 0.15) is 42.8 Å².